The number of rotatable bonds is 6. The highest BCUT2D eigenvalue weighted by Crippen LogP contribution is 2.21. The van der Waals surface area contributed by atoms with Crippen LogP contribution in [0.15, 0.2) is 51.8 Å². The normalized spacial score (nSPS) is 15.4. The van der Waals surface area contributed by atoms with Crippen molar-refractivity contribution in [2.45, 2.75) is 24.7 Å². The van der Waals surface area contributed by atoms with Crippen LogP contribution in [0, 0.1) is 6.92 Å². The van der Waals surface area contributed by atoms with Crippen molar-refractivity contribution in [3.8, 4) is 0 Å². The third-order valence-electron chi connectivity index (χ3n) is 4.61. The Kier molecular flexibility index (Phi) is 6.87. The lowest BCUT2D eigenvalue weighted by molar-refractivity contribution is -0.116. The molecule has 1 aliphatic rings. The van der Waals surface area contributed by atoms with Gasteiger partial charge in [-0.05, 0) is 54.8 Å². The summed E-state index contributed by atoms with van der Waals surface area (Å²) in [7, 11) is -3.49. The summed E-state index contributed by atoms with van der Waals surface area (Å²) in [5.74, 6) is -0.0771. The molecule has 2 aromatic rings. The van der Waals surface area contributed by atoms with Crippen LogP contribution >= 0.6 is 15.9 Å². The molecule has 1 N–H and O–H groups in total. The van der Waals surface area contributed by atoms with Gasteiger partial charge in [-0.1, -0.05) is 28.1 Å². The summed E-state index contributed by atoms with van der Waals surface area (Å²) in [4.78, 5) is 12.4. The number of amides is 1. The monoisotopic (exact) mass is 466 g/mol. The van der Waals surface area contributed by atoms with E-state index in [4.69, 9.17) is 4.74 Å². The molecule has 1 heterocycles. The Balaban J connectivity index is 1.56. The molecule has 6 nitrogen and oxygen atoms in total. The highest BCUT2D eigenvalue weighted by Gasteiger charge is 2.26. The first-order valence-electron chi connectivity index (χ1n) is 9.09. The van der Waals surface area contributed by atoms with Gasteiger partial charge >= 0.3 is 0 Å². The van der Waals surface area contributed by atoms with Crippen LogP contribution in [0.25, 0.3) is 0 Å². The summed E-state index contributed by atoms with van der Waals surface area (Å²) in [5.41, 5.74) is 2.73. The van der Waals surface area contributed by atoms with Gasteiger partial charge in [0, 0.05) is 29.7 Å². The van der Waals surface area contributed by atoms with Gasteiger partial charge in [-0.15, -0.1) is 0 Å². The van der Waals surface area contributed by atoms with Gasteiger partial charge in [0.1, 0.15) is 0 Å². The number of aryl methyl sites for hydroxylation is 2. The Hall–Kier alpha value is -1.74. The van der Waals surface area contributed by atoms with E-state index < -0.39 is 10.0 Å². The topological polar surface area (TPSA) is 75.7 Å². The fraction of sp³-hybridized carbons (Fsp3) is 0.350. The van der Waals surface area contributed by atoms with E-state index >= 15 is 0 Å². The molecule has 1 fully saturated rings. The van der Waals surface area contributed by atoms with Crippen LogP contribution in [-0.4, -0.2) is 44.9 Å². The van der Waals surface area contributed by atoms with Crippen molar-refractivity contribution >= 4 is 37.5 Å². The maximum Gasteiger partial charge on any atom is 0.243 e. The second-order valence-electron chi connectivity index (χ2n) is 6.67. The van der Waals surface area contributed by atoms with Gasteiger partial charge in [0.05, 0.1) is 18.1 Å². The standard InChI is InChI=1S/C20H23BrN2O4S/c1-15-14-17(5-8-19(15)21)22-20(24)9-4-16-2-6-18(7-3-16)28(25,26)23-10-12-27-13-11-23/h2-3,5-8,14H,4,9-13H2,1H3,(H,22,24). The molecule has 0 aliphatic carbocycles. The van der Waals surface area contributed by atoms with Crippen molar-refractivity contribution < 1.29 is 17.9 Å². The fourth-order valence-corrected chi connectivity index (χ4v) is 4.62. The maximum absolute atomic E-state index is 12.6. The molecule has 2 aromatic carbocycles. The summed E-state index contributed by atoms with van der Waals surface area (Å²) in [5, 5.41) is 2.88. The summed E-state index contributed by atoms with van der Waals surface area (Å²) in [6.45, 7) is 3.56. The van der Waals surface area contributed by atoms with Gasteiger partial charge in [0.15, 0.2) is 0 Å². The number of carbonyl (C=O) groups excluding carboxylic acids is 1. The van der Waals surface area contributed by atoms with Crippen LogP contribution in [0.2, 0.25) is 0 Å². The highest BCUT2D eigenvalue weighted by molar-refractivity contribution is 9.10. The minimum absolute atomic E-state index is 0.0771. The van der Waals surface area contributed by atoms with Crippen LogP contribution in [0.1, 0.15) is 17.5 Å². The lowest BCUT2D eigenvalue weighted by atomic mass is 10.1. The minimum Gasteiger partial charge on any atom is -0.379 e. The number of nitrogens with one attached hydrogen (secondary N) is 1. The van der Waals surface area contributed by atoms with Crippen molar-refractivity contribution in [3.63, 3.8) is 0 Å². The fourth-order valence-electron chi connectivity index (χ4n) is 2.97. The number of ether oxygens (including phenoxy) is 1. The van der Waals surface area contributed by atoms with Gasteiger partial charge in [0.2, 0.25) is 15.9 Å². The largest absolute Gasteiger partial charge is 0.379 e. The van der Waals surface area contributed by atoms with Crippen molar-refractivity contribution in [2.24, 2.45) is 0 Å². The second-order valence-corrected chi connectivity index (χ2v) is 9.46. The lowest BCUT2D eigenvalue weighted by Crippen LogP contribution is -2.40. The van der Waals surface area contributed by atoms with Crippen LogP contribution < -0.4 is 5.32 Å². The molecule has 0 aromatic heterocycles. The van der Waals surface area contributed by atoms with Crippen LogP contribution in [-0.2, 0) is 26.0 Å². The molecule has 0 unspecified atom stereocenters. The Bertz CT molecular complexity index is 939. The van der Waals surface area contributed by atoms with Crippen molar-refractivity contribution in [2.75, 3.05) is 31.6 Å². The van der Waals surface area contributed by atoms with E-state index in [1.165, 1.54) is 4.31 Å². The van der Waals surface area contributed by atoms with Crippen molar-refractivity contribution in [3.05, 3.63) is 58.1 Å². The zero-order valence-electron chi connectivity index (χ0n) is 15.7. The van der Waals surface area contributed by atoms with Crippen LogP contribution in [0.4, 0.5) is 5.69 Å². The number of hydrogen-bond acceptors (Lipinski definition) is 4. The summed E-state index contributed by atoms with van der Waals surface area (Å²) in [6, 6.07) is 12.4. The molecule has 3 rings (SSSR count). The number of anilines is 1. The number of sulfonamides is 1. The molecule has 1 amide bonds. The second kappa shape index (κ2) is 9.17. The summed E-state index contributed by atoms with van der Waals surface area (Å²) < 4.78 is 32.9. The predicted octanol–water partition coefficient (Wildman–Crippen LogP) is 3.35. The van der Waals surface area contributed by atoms with E-state index in [9.17, 15) is 13.2 Å². The molecule has 1 aliphatic heterocycles. The van der Waals surface area contributed by atoms with E-state index in [-0.39, 0.29) is 10.8 Å². The van der Waals surface area contributed by atoms with Gasteiger partial charge in [-0.3, -0.25) is 4.79 Å². The minimum atomic E-state index is -3.49. The number of nitrogens with zero attached hydrogens (tertiary/aromatic N) is 1. The molecular weight excluding hydrogens is 444 g/mol. The zero-order chi connectivity index (χ0) is 20.1. The van der Waals surface area contributed by atoms with Gasteiger partial charge in [-0.2, -0.15) is 4.31 Å². The van der Waals surface area contributed by atoms with Crippen molar-refractivity contribution in [1.82, 2.24) is 4.31 Å². The smallest absolute Gasteiger partial charge is 0.243 e. The first kappa shape index (κ1) is 21.0. The van der Waals surface area contributed by atoms with E-state index in [0.717, 1.165) is 21.3 Å². The molecule has 0 spiro atoms. The van der Waals surface area contributed by atoms with Gasteiger partial charge in [0.25, 0.3) is 0 Å². The van der Waals surface area contributed by atoms with Crippen molar-refractivity contribution in [1.29, 1.82) is 0 Å². The molecule has 0 bridgehead atoms. The molecule has 1 saturated heterocycles. The first-order valence-corrected chi connectivity index (χ1v) is 11.3. The quantitative estimate of drug-likeness (QED) is 0.707. The average Bonchev–Trinajstić information content (AvgIpc) is 2.70. The first-order chi connectivity index (χ1) is 13.4. The number of morpholine rings is 1. The Morgan fingerprint density at radius 1 is 1.14 bits per heavy atom. The van der Waals surface area contributed by atoms with E-state index in [1.54, 1.807) is 24.3 Å². The third-order valence-corrected chi connectivity index (χ3v) is 7.42. The molecule has 28 heavy (non-hydrogen) atoms. The molecule has 0 atom stereocenters. The Morgan fingerprint density at radius 3 is 2.46 bits per heavy atom. The van der Waals surface area contributed by atoms with Gasteiger partial charge < -0.3 is 10.1 Å². The van der Waals surface area contributed by atoms with Gasteiger partial charge in [-0.25, -0.2) is 8.42 Å². The molecule has 0 radical (unpaired) electrons. The predicted molar refractivity (Wildman–Crippen MR) is 112 cm³/mol. The number of halogens is 1. The molecule has 150 valence electrons. The molecular formula is C20H23BrN2O4S. The number of hydrogen-bond donors (Lipinski definition) is 1. The third kappa shape index (κ3) is 5.20. The number of carbonyl (C=O) groups is 1. The number of benzene rings is 2. The summed E-state index contributed by atoms with van der Waals surface area (Å²) in [6.07, 6.45) is 0.865. The zero-order valence-corrected chi connectivity index (χ0v) is 18.1. The summed E-state index contributed by atoms with van der Waals surface area (Å²) >= 11 is 3.44. The SMILES string of the molecule is Cc1cc(NC(=O)CCc2ccc(S(=O)(=O)N3CCOCC3)cc2)ccc1Br. The van der Waals surface area contributed by atoms with Crippen LogP contribution in [0.5, 0.6) is 0 Å². The maximum atomic E-state index is 12.6. The van der Waals surface area contributed by atoms with E-state index in [0.29, 0.717) is 39.1 Å². The average molecular weight is 467 g/mol. The molecule has 8 heteroatoms. The Morgan fingerprint density at radius 2 is 1.82 bits per heavy atom. The highest BCUT2D eigenvalue weighted by atomic mass is 79.9. The lowest BCUT2D eigenvalue weighted by Gasteiger charge is -2.26. The molecule has 0 saturated carbocycles. The van der Waals surface area contributed by atoms with Crippen LogP contribution in [0.3, 0.4) is 0 Å². The van der Waals surface area contributed by atoms with E-state index in [2.05, 4.69) is 21.2 Å². The van der Waals surface area contributed by atoms with E-state index in [1.807, 2.05) is 25.1 Å². The Labute approximate surface area is 174 Å².